The first-order chi connectivity index (χ1) is 25.3. The Hall–Kier alpha value is -5.01. The molecule has 4 N–H and O–H groups in total. The van der Waals surface area contributed by atoms with Gasteiger partial charge < -0.3 is 29.5 Å². The van der Waals surface area contributed by atoms with Gasteiger partial charge in [-0.25, -0.2) is 44.9 Å². The molecule has 0 unspecified atom stereocenters. The quantitative estimate of drug-likeness (QED) is 0.0739. The third kappa shape index (κ3) is 12.5. The molecule has 57 heavy (non-hydrogen) atoms. The van der Waals surface area contributed by atoms with Crippen LogP contribution in [0, 0.1) is 0 Å². The third-order valence-corrected chi connectivity index (χ3v) is 7.60. The van der Waals surface area contributed by atoms with Gasteiger partial charge in [0.2, 0.25) is 0 Å². The van der Waals surface area contributed by atoms with E-state index in [1.807, 2.05) is 73.6 Å². The van der Waals surface area contributed by atoms with E-state index in [0.717, 1.165) is 0 Å². The number of halogens is 6. The van der Waals surface area contributed by atoms with Crippen LogP contribution in [0.5, 0.6) is 0 Å². The first-order valence-electron chi connectivity index (χ1n) is 14.3. The van der Waals surface area contributed by atoms with E-state index in [0.29, 0.717) is 13.2 Å². The summed E-state index contributed by atoms with van der Waals surface area (Å²) in [5, 5.41) is 26.0. The van der Waals surface area contributed by atoms with Crippen molar-refractivity contribution in [2.75, 3.05) is 27.4 Å². The zero-order chi connectivity index (χ0) is 40.3. The number of aromatic nitrogens is 12. The zero-order valence-corrected chi connectivity index (χ0v) is 31.5. The first-order valence-corrected chi connectivity index (χ1v) is 17.1. The molecule has 0 amide bonds. The zero-order valence-electron chi connectivity index (χ0n) is 28.8. The maximum absolute atomic E-state index is 10.7. The van der Waals surface area contributed by atoms with Crippen molar-refractivity contribution in [1.29, 1.82) is 0 Å². The van der Waals surface area contributed by atoms with E-state index in [1.54, 1.807) is 79.5 Å². The summed E-state index contributed by atoms with van der Waals surface area (Å²) in [5.74, 6) is -1.57. The van der Waals surface area contributed by atoms with Crippen molar-refractivity contribution in [3.8, 4) is 0 Å². The molecular weight excluding hydrogens is 877 g/mol. The molecule has 0 aromatic carbocycles. The van der Waals surface area contributed by atoms with Crippen molar-refractivity contribution in [1.82, 2.24) is 58.7 Å². The molecule has 0 radical (unpaired) electrons. The van der Waals surface area contributed by atoms with Crippen LogP contribution in [-0.2, 0) is 57.8 Å². The molecule has 320 valence electrons. The van der Waals surface area contributed by atoms with Gasteiger partial charge in [-0.15, -0.1) is 0 Å². The van der Waals surface area contributed by atoms with Crippen LogP contribution >= 0.6 is 0 Å². The van der Waals surface area contributed by atoms with E-state index in [-0.39, 0.29) is 27.4 Å². The Morgan fingerprint density at radius 1 is 0.474 bits per heavy atom. The molecule has 0 saturated heterocycles. The minimum atomic E-state index is -6.09. The second-order valence-electron chi connectivity index (χ2n) is 9.92. The van der Waals surface area contributed by atoms with Crippen LogP contribution in [0.2, 0.25) is 0 Å². The Morgan fingerprint density at radius 3 is 0.719 bits per heavy atom. The molecule has 0 spiro atoms. The molecule has 0 fully saturated rings. The second kappa shape index (κ2) is 21.5. The summed E-state index contributed by atoms with van der Waals surface area (Å²) in [4.78, 5) is 0. The SMILES string of the molecule is COCC(n1cccn1)(n1cccn1)n1cccn1.COCC(n1cccn1)(n1cccn1)n1cccn1.O.O.O=S(=O)([O-])C(F)(F)F.O=S(=O)([O-])C(F)(F)F.[Ni+2]. The fraction of sp³-hybridized carbons (Fsp3) is 0.308. The van der Waals surface area contributed by atoms with Gasteiger partial charge in [-0.3, -0.25) is 0 Å². The summed E-state index contributed by atoms with van der Waals surface area (Å²) in [6.07, 6.45) is 21.5. The summed E-state index contributed by atoms with van der Waals surface area (Å²) in [7, 11) is -8.89. The third-order valence-electron chi connectivity index (χ3n) is 6.47. The van der Waals surface area contributed by atoms with Crippen LogP contribution < -0.4 is 0 Å². The van der Waals surface area contributed by atoms with Crippen molar-refractivity contribution in [3.63, 3.8) is 0 Å². The largest absolute Gasteiger partial charge is 2.00 e. The summed E-state index contributed by atoms with van der Waals surface area (Å²) in [6.45, 7) is 0.691. The topological polar surface area (TPSA) is 303 Å². The minimum absolute atomic E-state index is 0. The van der Waals surface area contributed by atoms with Crippen LogP contribution in [0.4, 0.5) is 26.3 Å². The maximum Gasteiger partial charge on any atom is 2.00 e. The molecule has 6 aromatic heterocycles. The molecule has 0 saturated carbocycles. The Kier molecular flexibility index (Phi) is 19.6. The molecule has 0 bridgehead atoms. The van der Waals surface area contributed by atoms with Crippen molar-refractivity contribution in [3.05, 3.63) is 111 Å². The fourth-order valence-electron chi connectivity index (χ4n) is 4.30. The number of nitrogens with zero attached hydrogens (tertiary/aromatic N) is 12. The Morgan fingerprint density at radius 2 is 0.632 bits per heavy atom. The molecule has 0 aliphatic carbocycles. The molecule has 0 atom stereocenters. The van der Waals surface area contributed by atoms with Crippen LogP contribution in [-0.4, -0.2) is 134 Å². The van der Waals surface area contributed by atoms with E-state index in [1.165, 1.54) is 0 Å². The van der Waals surface area contributed by atoms with Gasteiger partial charge in [0.25, 0.3) is 11.6 Å². The van der Waals surface area contributed by atoms with Crippen LogP contribution in [0.15, 0.2) is 111 Å². The summed E-state index contributed by atoms with van der Waals surface area (Å²) < 4.78 is 139. The van der Waals surface area contributed by atoms with Gasteiger partial charge in [0.05, 0.1) is 0 Å². The van der Waals surface area contributed by atoms with E-state index in [2.05, 4.69) is 30.6 Å². The van der Waals surface area contributed by atoms with Crippen molar-refractivity contribution < 1.29 is 89.2 Å². The molecule has 0 aliphatic rings. The Balaban J connectivity index is 0.000000779. The molecule has 22 nitrogen and oxygen atoms in total. The summed E-state index contributed by atoms with van der Waals surface area (Å²) in [6, 6.07) is 11.2. The molecule has 6 aromatic rings. The average Bonchev–Trinajstić information content (AvgIpc) is 3.95. The van der Waals surface area contributed by atoms with E-state index in [4.69, 9.17) is 35.4 Å². The van der Waals surface area contributed by atoms with Crippen molar-refractivity contribution >= 4 is 20.2 Å². The molecule has 6 heterocycles. The van der Waals surface area contributed by atoms with Gasteiger partial charge in [0.1, 0.15) is 13.2 Å². The van der Waals surface area contributed by atoms with Crippen LogP contribution in [0.25, 0.3) is 0 Å². The molecule has 0 aliphatic heterocycles. The van der Waals surface area contributed by atoms with E-state index < -0.39 is 42.8 Å². The van der Waals surface area contributed by atoms with Gasteiger partial charge in [0, 0.05) is 88.6 Å². The van der Waals surface area contributed by atoms with Crippen molar-refractivity contribution in [2.24, 2.45) is 0 Å². The predicted octanol–water partition coefficient (Wildman–Crippen LogP) is -0.290. The van der Waals surface area contributed by atoms with E-state index in [9.17, 15) is 26.3 Å². The monoisotopic (exact) mass is 908 g/mol. The van der Waals surface area contributed by atoms with Crippen LogP contribution in [0.3, 0.4) is 0 Å². The maximum atomic E-state index is 10.7. The number of alkyl halides is 6. The summed E-state index contributed by atoms with van der Waals surface area (Å²) >= 11 is 0. The normalized spacial score (nSPS) is 11.8. The Labute approximate surface area is 328 Å². The number of rotatable bonds is 10. The Bertz CT molecular complexity index is 1820. The second-order valence-corrected chi connectivity index (χ2v) is 12.7. The minimum Gasteiger partial charge on any atom is -0.741 e. The van der Waals surface area contributed by atoms with Gasteiger partial charge >= 0.3 is 27.5 Å². The molecule has 31 heteroatoms. The average molecular weight is 909 g/mol. The standard InChI is InChI=1S/2C12H14N6O.2CHF3O3S.Ni.2H2O/c2*1-19-11-12(16-8-2-5-13-16,17-9-3-6-14-17)18-10-4-7-15-18;2*2-1(3,4)8(5,6)7;;;/h2*2-10H,11H2,1H3;2*(H,5,6,7);;2*1H2/q;;;;+2;;/p-2. The summed E-state index contributed by atoms with van der Waals surface area (Å²) in [5.41, 5.74) is -11.3. The molecule has 6 rings (SSSR count). The van der Waals surface area contributed by atoms with Gasteiger partial charge in [-0.2, -0.15) is 56.9 Å². The number of hydrogen-bond acceptors (Lipinski definition) is 14. The smallest absolute Gasteiger partial charge is 0.741 e. The predicted molar refractivity (Wildman–Crippen MR) is 173 cm³/mol. The van der Waals surface area contributed by atoms with Gasteiger partial charge in [-0.1, -0.05) is 0 Å². The van der Waals surface area contributed by atoms with Gasteiger partial charge in [0.15, 0.2) is 20.2 Å². The number of hydrogen-bond donors (Lipinski definition) is 0. The molecular formula is C26H32F6N12NiO10S2. The number of methoxy groups -OCH3 is 2. The fourth-order valence-corrected chi connectivity index (χ4v) is 4.30. The van der Waals surface area contributed by atoms with Gasteiger partial charge in [-0.05, 0) is 36.4 Å². The van der Waals surface area contributed by atoms with E-state index >= 15 is 0 Å². The first kappa shape index (κ1) is 52.0. The van der Waals surface area contributed by atoms with Crippen molar-refractivity contribution in [2.45, 2.75) is 22.6 Å². The van der Waals surface area contributed by atoms with Crippen LogP contribution in [0.1, 0.15) is 0 Å². The number of ether oxygens (including phenoxy) is 2.